The third-order valence-electron chi connectivity index (χ3n) is 5.65. The summed E-state index contributed by atoms with van der Waals surface area (Å²) in [5, 5.41) is 10.5. The van der Waals surface area contributed by atoms with Crippen LogP contribution in [0.3, 0.4) is 0 Å². The first-order chi connectivity index (χ1) is 16.4. The fraction of sp³-hybridized carbons (Fsp3) is 0.179. The van der Waals surface area contributed by atoms with Crippen molar-refractivity contribution in [1.29, 1.82) is 0 Å². The molecule has 0 saturated carbocycles. The van der Waals surface area contributed by atoms with E-state index in [1.807, 2.05) is 98.2 Å². The first-order valence-corrected chi connectivity index (χ1v) is 11.3. The van der Waals surface area contributed by atoms with Gasteiger partial charge in [-0.2, -0.15) is 5.10 Å². The maximum atomic E-state index is 12.9. The number of rotatable bonds is 7. The average molecular weight is 453 g/mol. The molecule has 2 amide bonds. The number of nitrogens with zero attached hydrogens (tertiary/aromatic N) is 2. The molecule has 0 aliphatic heterocycles. The van der Waals surface area contributed by atoms with Crippen LogP contribution in [0.4, 0.5) is 5.69 Å². The van der Waals surface area contributed by atoms with E-state index in [2.05, 4.69) is 15.7 Å². The summed E-state index contributed by atoms with van der Waals surface area (Å²) >= 11 is 0. The number of anilines is 1. The summed E-state index contributed by atoms with van der Waals surface area (Å²) in [6.45, 7) is 6.53. The summed E-state index contributed by atoms with van der Waals surface area (Å²) in [6.07, 6.45) is 0. The molecule has 6 heteroatoms. The van der Waals surface area contributed by atoms with E-state index in [1.54, 1.807) is 12.1 Å². The summed E-state index contributed by atoms with van der Waals surface area (Å²) in [7, 11) is 0. The lowest BCUT2D eigenvalue weighted by molar-refractivity contribution is 0.0938. The van der Waals surface area contributed by atoms with Gasteiger partial charge in [0, 0.05) is 22.5 Å². The van der Waals surface area contributed by atoms with Gasteiger partial charge in [0.05, 0.1) is 18.3 Å². The Kier molecular flexibility index (Phi) is 6.87. The van der Waals surface area contributed by atoms with Crippen LogP contribution >= 0.6 is 0 Å². The Balaban J connectivity index is 1.42. The molecule has 1 heterocycles. The van der Waals surface area contributed by atoms with E-state index in [4.69, 9.17) is 0 Å². The zero-order chi connectivity index (χ0) is 24.1. The summed E-state index contributed by atoms with van der Waals surface area (Å²) < 4.78 is 1.93. The van der Waals surface area contributed by atoms with Gasteiger partial charge in [0.2, 0.25) is 0 Å². The van der Waals surface area contributed by atoms with Crippen molar-refractivity contribution in [3.05, 3.63) is 119 Å². The lowest BCUT2D eigenvalue weighted by Crippen LogP contribution is -2.26. The predicted molar refractivity (Wildman–Crippen MR) is 134 cm³/mol. The highest BCUT2D eigenvalue weighted by molar-refractivity contribution is 6.04. The van der Waals surface area contributed by atoms with Crippen LogP contribution in [0.25, 0.3) is 0 Å². The Bertz CT molecular complexity index is 1310. The summed E-state index contributed by atoms with van der Waals surface area (Å²) in [4.78, 5) is 25.4. The molecule has 6 nitrogen and oxygen atoms in total. The minimum Gasteiger partial charge on any atom is -0.346 e. The van der Waals surface area contributed by atoms with Crippen molar-refractivity contribution in [3.63, 3.8) is 0 Å². The molecule has 0 fully saturated rings. The monoisotopic (exact) mass is 452 g/mol. The number of aryl methyl sites for hydroxylation is 2. The van der Waals surface area contributed by atoms with Gasteiger partial charge in [0.15, 0.2) is 0 Å². The molecular weight excluding hydrogens is 424 g/mol. The smallest absolute Gasteiger partial charge is 0.255 e. The van der Waals surface area contributed by atoms with E-state index in [0.29, 0.717) is 23.4 Å². The lowest BCUT2D eigenvalue weighted by Gasteiger charge is -2.16. The van der Waals surface area contributed by atoms with Crippen molar-refractivity contribution in [2.24, 2.45) is 0 Å². The Morgan fingerprint density at radius 2 is 1.59 bits per heavy atom. The van der Waals surface area contributed by atoms with Gasteiger partial charge in [0.1, 0.15) is 0 Å². The van der Waals surface area contributed by atoms with Crippen molar-refractivity contribution in [2.75, 3.05) is 5.32 Å². The second-order valence-electron chi connectivity index (χ2n) is 8.43. The van der Waals surface area contributed by atoms with Crippen LogP contribution in [0.15, 0.2) is 84.9 Å². The quantitative estimate of drug-likeness (QED) is 0.400. The van der Waals surface area contributed by atoms with Crippen molar-refractivity contribution >= 4 is 17.5 Å². The van der Waals surface area contributed by atoms with Crippen molar-refractivity contribution in [1.82, 2.24) is 15.1 Å². The Morgan fingerprint density at radius 3 is 2.32 bits per heavy atom. The normalized spacial score (nSPS) is 11.6. The number of carbonyl (C=O) groups is 2. The minimum absolute atomic E-state index is 0.151. The molecule has 1 aromatic heterocycles. The van der Waals surface area contributed by atoms with Gasteiger partial charge >= 0.3 is 0 Å². The number of hydrogen-bond donors (Lipinski definition) is 2. The predicted octanol–water partition coefficient (Wildman–Crippen LogP) is 5.29. The highest BCUT2D eigenvalue weighted by atomic mass is 16.2. The van der Waals surface area contributed by atoms with Crippen LogP contribution < -0.4 is 10.6 Å². The Morgan fingerprint density at radius 1 is 0.853 bits per heavy atom. The fourth-order valence-corrected chi connectivity index (χ4v) is 3.86. The van der Waals surface area contributed by atoms with E-state index < -0.39 is 0 Å². The van der Waals surface area contributed by atoms with Crippen molar-refractivity contribution in [3.8, 4) is 0 Å². The zero-order valence-corrected chi connectivity index (χ0v) is 19.6. The second-order valence-corrected chi connectivity index (χ2v) is 8.43. The number of carbonyl (C=O) groups excluding carboxylic acids is 2. The summed E-state index contributed by atoms with van der Waals surface area (Å²) in [5.41, 5.74) is 5.84. The summed E-state index contributed by atoms with van der Waals surface area (Å²) in [6, 6.07) is 26.0. The number of nitrogens with one attached hydrogen (secondary N) is 2. The minimum atomic E-state index is -0.235. The van der Waals surface area contributed by atoms with Gasteiger partial charge in [-0.25, -0.2) is 0 Å². The lowest BCUT2D eigenvalue weighted by atomic mass is 10.1. The van der Waals surface area contributed by atoms with Gasteiger partial charge < -0.3 is 10.6 Å². The van der Waals surface area contributed by atoms with Crippen molar-refractivity contribution in [2.45, 2.75) is 33.4 Å². The van der Waals surface area contributed by atoms with Crippen molar-refractivity contribution < 1.29 is 9.59 Å². The molecule has 4 aromatic rings. The molecule has 0 radical (unpaired) electrons. The molecule has 0 saturated heterocycles. The first kappa shape index (κ1) is 23.0. The summed E-state index contributed by atoms with van der Waals surface area (Å²) in [5.74, 6) is -0.324. The average Bonchev–Trinajstić information content (AvgIpc) is 3.16. The number of aromatic nitrogens is 2. The maximum Gasteiger partial charge on any atom is 0.255 e. The van der Waals surface area contributed by atoms with Gasteiger partial charge in [-0.15, -0.1) is 0 Å². The maximum absolute atomic E-state index is 12.9. The van der Waals surface area contributed by atoms with Crippen LogP contribution in [0, 0.1) is 13.8 Å². The molecule has 0 aliphatic carbocycles. The van der Waals surface area contributed by atoms with Crippen LogP contribution in [0.2, 0.25) is 0 Å². The SMILES string of the molecule is Cc1cc(C)n(Cc2cccc(C(=O)NC(C)c3cccc(NC(=O)c4ccccc4)c3)c2)n1. The van der Waals surface area contributed by atoms with E-state index >= 15 is 0 Å². The van der Waals surface area contributed by atoms with Crippen LogP contribution in [-0.2, 0) is 6.54 Å². The standard InChI is InChI=1S/C28H28N4O2/c1-19-15-20(2)32(31-19)18-22-9-7-13-25(16-22)28(34)29-21(3)24-12-8-14-26(17-24)30-27(33)23-10-5-4-6-11-23/h4-17,21H,18H2,1-3H3,(H,29,34)(H,30,33). The highest BCUT2D eigenvalue weighted by Crippen LogP contribution is 2.19. The Labute approximate surface area is 199 Å². The van der Waals surface area contributed by atoms with E-state index in [9.17, 15) is 9.59 Å². The zero-order valence-electron chi connectivity index (χ0n) is 19.6. The molecular formula is C28H28N4O2. The number of hydrogen-bond acceptors (Lipinski definition) is 3. The van der Waals surface area contributed by atoms with E-state index in [-0.39, 0.29) is 17.9 Å². The molecule has 0 spiro atoms. The Hall–Kier alpha value is -4.19. The molecule has 3 aromatic carbocycles. The number of amides is 2. The topological polar surface area (TPSA) is 76.0 Å². The molecule has 0 bridgehead atoms. The van der Waals surface area contributed by atoms with Gasteiger partial charge in [0.25, 0.3) is 11.8 Å². The molecule has 1 unspecified atom stereocenters. The fourth-order valence-electron chi connectivity index (χ4n) is 3.86. The van der Waals surface area contributed by atoms with Crippen LogP contribution in [0.5, 0.6) is 0 Å². The molecule has 2 N–H and O–H groups in total. The van der Waals surface area contributed by atoms with Gasteiger partial charge in [-0.1, -0.05) is 42.5 Å². The highest BCUT2D eigenvalue weighted by Gasteiger charge is 2.14. The molecule has 4 rings (SSSR count). The van der Waals surface area contributed by atoms with E-state index in [0.717, 1.165) is 22.5 Å². The van der Waals surface area contributed by atoms with Crippen LogP contribution in [0.1, 0.15) is 56.2 Å². The van der Waals surface area contributed by atoms with Crippen LogP contribution in [-0.4, -0.2) is 21.6 Å². The molecule has 1 atom stereocenters. The third kappa shape index (κ3) is 5.59. The van der Waals surface area contributed by atoms with Gasteiger partial charge in [-0.05, 0) is 74.4 Å². The first-order valence-electron chi connectivity index (χ1n) is 11.3. The molecule has 172 valence electrons. The molecule has 34 heavy (non-hydrogen) atoms. The largest absolute Gasteiger partial charge is 0.346 e. The third-order valence-corrected chi connectivity index (χ3v) is 5.65. The van der Waals surface area contributed by atoms with Gasteiger partial charge in [-0.3, -0.25) is 14.3 Å². The number of benzene rings is 3. The van der Waals surface area contributed by atoms with E-state index in [1.165, 1.54) is 0 Å². The second kappa shape index (κ2) is 10.2. The molecule has 0 aliphatic rings.